The highest BCUT2D eigenvalue weighted by Gasteiger charge is 2.31. The largest absolute Gasteiger partial charge is 0.479 e. The van der Waals surface area contributed by atoms with E-state index in [0.29, 0.717) is 11.7 Å². The molecule has 0 spiro atoms. The second kappa shape index (κ2) is 6.38. The summed E-state index contributed by atoms with van der Waals surface area (Å²) in [6, 6.07) is 0. The number of amides is 1. The van der Waals surface area contributed by atoms with Gasteiger partial charge in [0.1, 0.15) is 0 Å². The van der Waals surface area contributed by atoms with Crippen LogP contribution >= 0.6 is 23.4 Å². The van der Waals surface area contributed by atoms with Crippen LogP contribution in [0.25, 0.3) is 0 Å². The quantitative estimate of drug-likeness (QED) is 0.650. The highest BCUT2D eigenvalue weighted by molar-refractivity contribution is 7.98. The summed E-state index contributed by atoms with van der Waals surface area (Å²) < 4.78 is 5.07. The number of nitrogens with zero attached hydrogens (tertiary/aromatic N) is 3. The van der Waals surface area contributed by atoms with Gasteiger partial charge in [-0.25, -0.2) is 14.8 Å². The summed E-state index contributed by atoms with van der Waals surface area (Å²) in [7, 11) is 0. The number of hydrogen-bond donors (Lipinski definition) is 1. The van der Waals surface area contributed by atoms with Crippen molar-refractivity contribution in [1.82, 2.24) is 14.9 Å². The number of thioether (sulfide) groups is 1. The fourth-order valence-electron chi connectivity index (χ4n) is 1.73. The Morgan fingerprint density at radius 3 is 3.00 bits per heavy atom. The van der Waals surface area contributed by atoms with Crippen molar-refractivity contribution in [2.24, 2.45) is 0 Å². The smallest absolute Gasteiger partial charge is 0.334 e. The molecule has 0 radical (unpaired) electrons. The van der Waals surface area contributed by atoms with Crippen molar-refractivity contribution in [2.75, 3.05) is 26.0 Å². The zero-order valence-electron chi connectivity index (χ0n) is 10.6. The Kier molecular flexibility index (Phi) is 4.79. The minimum atomic E-state index is -1.10. The summed E-state index contributed by atoms with van der Waals surface area (Å²) in [5.41, 5.74) is 0.0806. The van der Waals surface area contributed by atoms with Gasteiger partial charge < -0.3 is 14.7 Å². The summed E-state index contributed by atoms with van der Waals surface area (Å²) in [6.07, 6.45) is 2.13. The van der Waals surface area contributed by atoms with E-state index in [1.807, 2.05) is 0 Å². The van der Waals surface area contributed by atoms with Crippen LogP contribution in [0.5, 0.6) is 0 Å². The summed E-state index contributed by atoms with van der Waals surface area (Å²) in [5, 5.41) is 9.50. The first-order valence-electron chi connectivity index (χ1n) is 5.73. The fourth-order valence-corrected chi connectivity index (χ4v) is 2.24. The molecule has 0 bridgehead atoms. The summed E-state index contributed by atoms with van der Waals surface area (Å²) in [5.74, 6) is -1.51. The zero-order valence-corrected chi connectivity index (χ0v) is 12.1. The van der Waals surface area contributed by atoms with E-state index in [2.05, 4.69) is 9.97 Å². The van der Waals surface area contributed by atoms with Crippen LogP contribution in [-0.2, 0) is 9.53 Å². The number of ether oxygens (including phenoxy) is 1. The van der Waals surface area contributed by atoms with Crippen molar-refractivity contribution >= 4 is 35.2 Å². The highest BCUT2D eigenvalue weighted by Crippen LogP contribution is 2.19. The van der Waals surface area contributed by atoms with Crippen molar-refractivity contribution in [3.05, 3.63) is 16.9 Å². The number of aliphatic carboxylic acids is 1. The Balaban J connectivity index is 2.20. The van der Waals surface area contributed by atoms with Gasteiger partial charge >= 0.3 is 5.97 Å². The first-order chi connectivity index (χ1) is 9.52. The van der Waals surface area contributed by atoms with Gasteiger partial charge in [0.15, 0.2) is 17.0 Å². The van der Waals surface area contributed by atoms with Crippen LogP contribution in [0.15, 0.2) is 11.4 Å². The van der Waals surface area contributed by atoms with Gasteiger partial charge in [0.05, 0.1) is 24.4 Å². The fraction of sp³-hybridized carbons (Fsp3) is 0.455. The van der Waals surface area contributed by atoms with Crippen LogP contribution in [0.1, 0.15) is 10.5 Å². The molecule has 0 aliphatic carbocycles. The lowest BCUT2D eigenvalue weighted by molar-refractivity contribution is -0.154. The maximum absolute atomic E-state index is 12.4. The average molecular weight is 318 g/mol. The van der Waals surface area contributed by atoms with Gasteiger partial charge in [-0.2, -0.15) is 0 Å². The molecule has 2 rings (SSSR count). The molecule has 20 heavy (non-hydrogen) atoms. The van der Waals surface area contributed by atoms with E-state index in [0.717, 1.165) is 0 Å². The highest BCUT2D eigenvalue weighted by atomic mass is 35.5. The van der Waals surface area contributed by atoms with Gasteiger partial charge in [0.25, 0.3) is 5.91 Å². The Hall–Kier alpha value is -1.38. The third-order valence-corrected chi connectivity index (χ3v) is 3.57. The molecule has 1 amide bonds. The summed E-state index contributed by atoms with van der Waals surface area (Å²) in [4.78, 5) is 32.7. The second-order valence-electron chi connectivity index (χ2n) is 4.00. The van der Waals surface area contributed by atoms with Gasteiger partial charge in [0.2, 0.25) is 0 Å². The number of carboxylic acids is 1. The molecule has 1 atom stereocenters. The van der Waals surface area contributed by atoms with E-state index in [4.69, 9.17) is 21.4 Å². The molecule has 7 nitrogen and oxygen atoms in total. The van der Waals surface area contributed by atoms with Crippen molar-refractivity contribution in [1.29, 1.82) is 0 Å². The van der Waals surface area contributed by atoms with Gasteiger partial charge in [-0.1, -0.05) is 23.4 Å². The van der Waals surface area contributed by atoms with Crippen molar-refractivity contribution in [3.8, 4) is 0 Å². The van der Waals surface area contributed by atoms with Crippen LogP contribution in [0.3, 0.4) is 0 Å². The van der Waals surface area contributed by atoms with Gasteiger partial charge in [-0.05, 0) is 6.26 Å². The molecule has 0 aromatic carbocycles. The SMILES string of the molecule is CSc1ncc(Cl)c(C(=O)N2CCOC(C(=O)O)C2)n1. The van der Waals surface area contributed by atoms with Crippen molar-refractivity contribution in [2.45, 2.75) is 11.3 Å². The maximum Gasteiger partial charge on any atom is 0.334 e. The number of halogens is 1. The Labute approximate surface area is 124 Å². The van der Waals surface area contributed by atoms with Crippen molar-refractivity contribution < 1.29 is 19.4 Å². The molecule has 1 unspecified atom stereocenters. The molecule has 1 N–H and O–H groups in total. The van der Waals surface area contributed by atoms with E-state index in [-0.39, 0.29) is 23.9 Å². The molecular formula is C11H12ClN3O4S. The van der Waals surface area contributed by atoms with Gasteiger partial charge in [0, 0.05) is 6.54 Å². The van der Waals surface area contributed by atoms with Crippen LogP contribution in [0.4, 0.5) is 0 Å². The number of rotatable bonds is 3. The second-order valence-corrected chi connectivity index (χ2v) is 5.18. The van der Waals surface area contributed by atoms with Crippen LogP contribution < -0.4 is 0 Å². The maximum atomic E-state index is 12.4. The van der Waals surface area contributed by atoms with Crippen LogP contribution in [0, 0.1) is 0 Å². The normalized spacial score (nSPS) is 18.9. The molecule has 1 fully saturated rings. The van der Waals surface area contributed by atoms with Crippen molar-refractivity contribution in [3.63, 3.8) is 0 Å². The van der Waals surface area contributed by atoms with E-state index in [1.165, 1.54) is 22.9 Å². The molecule has 108 valence electrons. The van der Waals surface area contributed by atoms with Gasteiger partial charge in [-0.3, -0.25) is 4.79 Å². The van der Waals surface area contributed by atoms with E-state index < -0.39 is 18.0 Å². The van der Waals surface area contributed by atoms with E-state index >= 15 is 0 Å². The number of carbonyl (C=O) groups is 2. The standard InChI is InChI=1S/C11H12ClN3O4S/c1-20-11-13-4-6(12)8(14-11)9(16)15-2-3-19-7(5-15)10(17)18/h4,7H,2-3,5H2,1H3,(H,17,18). The molecule has 9 heteroatoms. The lowest BCUT2D eigenvalue weighted by Gasteiger charge is -2.30. The molecule has 1 aromatic heterocycles. The predicted molar refractivity (Wildman–Crippen MR) is 72.1 cm³/mol. The van der Waals surface area contributed by atoms with E-state index in [1.54, 1.807) is 6.26 Å². The number of carbonyl (C=O) groups excluding carboxylic acids is 1. The van der Waals surface area contributed by atoms with Gasteiger partial charge in [-0.15, -0.1) is 0 Å². The topological polar surface area (TPSA) is 92.6 Å². The molecule has 2 heterocycles. The molecule has 0 saturated carbocycles. The molecular weight excluding hydrogens is 306 g/mol. The molecule has 1 saturated heterocycles. The number of aromatic nitrogens is 2. The molecule has 1 aliphatic heterocycles. The monoisotopic (exact) mass is 317 g/mol. The third-order valence-electron chi connectivity index (χ3n) is 2.74. The predicted octanol–water partition coefficient (Wildman–Crippen LogP) is 0.777. The molecule has 1 aromatic rings. The molecule has 1 aliphatic rings. The lowest BCUT2D eigenvalue weighted by atomic mass is 10.2. The van der Waals surface area contributed by atoms with E-state index in [9.17, 15) is 9.59 Å². The van der Waals surface area contributed by atoms with Crippen LogP contribution in [0.2, 0.25) is 5.02 Å². The zero-order chi connectivity index (χ0) is 14.7. The Bertz CT molecular complexity index is 542. The Morgan fingerprint density at radius 1 is 1.60 bits per heavy atom. The lowest BCUT2D eigenvalue weighted by Crippen LogP contribution is -2.48. The Morgan fingerprint density at radius 2 is 2.35 bits per heavy atom. The third kappa shape index (κ3) is 3.20. The first kappa shape index (κ1) is 15.0. The number of carboxylic acid groups (broad SMARTS) is 1. The summed E-state index contributed by atoms with van der Waals surface area (Å²) in [6.45, 7) is 0.446. The number of morpholine rings is 1. The minimum Gasteiger partial charge on any atom is -0.479 e. The summed E-state index contributed by atoms with van der Waals surface area (Å²) >= 11 is 7.23. The minimum absolute atomic E-state index is 0.0247. The number of hydrogen-bond acceptors (Lipinski definition) is 6. The average Bonchev–Trinajstić information content (AvgIpc) is 2.47. The first-order valence-corrected chi connectivity index (χ1v) is 7.33. The van der Waals surface area contributed by atoms with Crippen LogP contribution in [-0.4, -0.2) is 63.9 Å².